The zero-order valence-electron chi connectivity index (χ0n) is 15.6. The number of amides is 1. The number of benzene rings is 2. The number of rotatable bonds is 7. The summed E-state index contributed by atoms with van der Waals surface area (Å²) in [4.78, 5) is 21.6. The zero-order chi connectivity index (χ0) is 19.9. The molecule has 1 unspecified atom stereocenters. The molecule has 0 fully saturated rings. The number of carbonyl (C=O) groups excluding carboxylic acids is 1. The highest BCUT2D eigenvalue weighted by molar-refractivity contribution is 7.09. The van der Waals surface area contributed by atoms with Crippen LogP contribution in [-0.4, -0.2) is 15.9 Å². The van der Waals surface area contributed by atoms with E-state index in [1.165, 1.54) is 11.3 Å². The lowest BCUT2D eigenvalue weighted by molar-refractivity contribution is -0.128. The fraction of sp³-hybridized carbons (Fsp3) is 0.0870. The van der Waals surface area contributed by atoms with Gasteiger partial charge in [0.15, 0.2) is 0 Å². The van der Waals surface area contributed by atoms with Crippen LogP contribution < -0.4 is 10.1 Å². The monoisotopic (exact) mass is 401 g/mol. The molecular formula is C23H19N3O2S. The van der Waals surface area contributed by atoms with E-state index in [0.29, 0.717) is 12.3 Å². The van der Waals surface area contributed by atoms with Crippen LogP contribution >= 0.6 is 11.3 Å². The summed E-state index contributed by atoms with van der Waals surface area (Å²) in [5.74, 6) is 0.437. The third kappa shape index (κ3) is 4.86. The minimum absolute atomic E-state index is 0.208. The van der Waals surface area contributed by atoms with Crippen molar-refractivity contribution in [1.82, 2.24) is 15.3 Å². The molecule has 1 N–H and O–H groups in total. The van der Waals surface area contributed by atoms with Gasteiger partial charge in [-0.1, -0.05) is 48.5 Å². The van der Waals surface area contributed by atoms with E-state index in [2.05, 4.69) is 15.3 Å². The van der Waals surface area contributed by atoms with Crippen LogP contribution in [0.3, 0.4) is 0 Å². The molecule has 1 atom stereocenters. The van der Waals surface area contributed by atoms with Crippen LogP contribution in [0.4, 0.5) is 0 Å². The maximum Gasteiger partial charge on any atom is 0.266 e. The minimum atomic E-state index is -0.738. The number of para-hydroxylation sites is 1. The molecule has 2 aromatic heterocycles. The van der Waals surface area contributed by atoms with Gasteiger partial charge >= 0.3 is 0 Å². The summed E-state index contributed by atoms with van der Waals surface area (Å²) in [5.41, 5.74) is 2.68. The Hall–Kier alpha value is -3.51. The average molecular weight is 401 g/mol. The molecule has 0 aliphatic heterocycles. The first-order chi connectivity index (χ1) is 14.3. The number of thiazole rings is 1. The lowest BCUT2D eigenvalue weighted by Gasteiger charge is -2.19. The summed E-state index contributed by atoms with van der Waals surface area (Å²) in [7, 11) is 0. The Kier molecular flexibility index (Phi) is 5.92. The smallest absolute Gasteiger partial charge is 0.266 e. The van der Waals surface area contributed by atoms with E-state index in [9.17, 15) is 4.79 Å². The molecule has 4 aromatic rings. The van der Waals surface area contributed by atoms with E-state index in [1.54, 1.807) is 12.4 Å². The number of nitrogens with one attached hydrogen (secondary N) is 1. The predicted molar refractivity (Wildman–Crippen MR) is 113 cm³/mol. The van der Waals surface area contributed by atoms with Crippen molar-refractivity contribution in [2.75, 3.05) is 0 Å². The van der Waals surface area contributed by atoms with E-state index in [1.807, 2.05) is 78.2 Å². The van der Waals surface area contributed by atoms with Crippen molar-refractivity contribution in [1.29, 1.82) is 0 Å². The van der Waals surface area contributed by atoms with Gasteiger partial charge in [0.2, 0.25) is 6.10 Å². The molecule has 0 spiro atoms. The second-order valence-electron chi connectivity index (χ2n) is 6.30. The van der Waals surface area contributed by atoms with Gasteiger partial charge in [-0.3, -0.25) is 9.78 Å². The van der Waals surface area contributed by atoms with E-state index in [-0.39, 0.29) is 5.91 Å². The van der Waals surface area contributed by atoms with Crippen LogP contribution in [0.25, 0.3) is 11.3 Å². The summed E-state index contributed by atoms with van der Waals surface area (Å²) < 4.78 is 5.99. The molecule has 0 radical (unpaired) electrons. The topological polar surface area (TPSA) is 64.1 Å². The molecule has 0 bridgehead atoms. The van der Waals surface area contributed by atoms with Crippen molar-refractivity contribution in [3.8, 4) is 17.0 Å². The number of hydrogen-bond acceptors (Lipinski definition) is 5. The Morgan fingerprint density at radius 2 is 1.66 bits per heavy atom. The fourth-order valence-electron chi connectivity index (χ4n) is 2.84. The normalized spacial score (nSPS) is 11.6. The highest BCUT2D eigenvalue weighted by Crippen LogP contribution is 2.23. The fourth-order valence-corrected chi connectivity index (χ4v) is 3.58. The molecule has 2 aromatic carbocycles. The Morgan fingerprint density at radius 3 is 2.38 bits per heavy atom. The Labute approximate surface area is 173 Å². The molecule has 5 nitrogen and oxygen atoms in total. The number of hydrogen-bond donors (Lipinski definition) is 1. The van der Waals surface area contributed by atoms with Crippen LogP contribution in [-0.2, 0) is 11.3 Å². The van der Waals surface area contributed by atoms with Crippen LogP contribution in [0.5, 0.6) is 5.75 Å². The van der Waals surface area contributed by atoms with Gasteiger partial charge in [0, 0.05) is 28.9 Å². The Balaban J connectivity index is 1.46. The molecule has 0 saturated carbocycles. The zero-order valence-corrected chi connectivity index (χ0v) is 16.4. The van der Waals surface area contributed by atoms with Crippen molar-refractivity contribution in [3.05, 3.63) is 101 Å². The molecule has 1 amide bonds. The molecule has 0 saturated heterocycles. The Bertz CT molecular complexity index is 1050. The van der Waals surface area contributed by atoms with Crippen molar-refractivity contribution in [2.45, 2.75) is 12.6 Å². The highest BCUT2D eigenvalue weighted by atomic mass is 32.1. The van der Waals surface area contributed by atoms with E-state index in [4.69, 9.17) is 4.74 Å². The van der Waals surface area contributed by atoms with Crippen molar-refractivity contribution < 1.29 is 9.53 Å². The van der Waals surface area contributed by atoms with Gasteiger partial charge in [-0.2, -0.15) is 0 Å². The van der Waals surface area contributed by atoms with Gasteiger partial charge in [0.1, 0.15) is 10.8 Å². The SMILES string of the molecule is O=C(NCc1nc(-c2ccncc2)cs1)C(Oc1ccccc1)c1ccccc1. The first kappa shape index (κ1) is 18.8. The standard InChI is InChI=1S/C23H19N3O2S/c27-23(25-15-21-26-20(16-29-21)17-11-13-24-14-12-17)22(18-7-3-1-4-8-18)28-19-9-5-2-6-10-19/h1-14,16,22H,15H2,(H,25,27). The highest BCUT2D eigenvalue weighted by Gasteiger charge is 2.22. The second kappa shape index (κ2) is 9.12. The third-order valence-corrected chi connectivity index (χ3v) is 5.13. The summed E-state index contributed by atoms with van der Waals surface area (Å²) in [5, 5.41) is 5.76. The quantitative estimate of drug-likeness (QED) is 0.490. The maximum absolute atomic E-state index is 12.9. The number of aromatic nitrogens is 2. The van der Waals surface area contributed by atoms with Gasteiger partial charge < -0.3 is 10.1 Å². The van der Waals surface area contributed by atoms with E-state index in [0.717, 1.165) is 21.8 Å². The molecular weight excluding hydrogens is 382 g/mol. The summed E-state index contributed by atoms with van der Waals surface area (Å²) in [6, 6.07) is 22.7. The first-order valence-corrected chi connectivity index (χ1v) is 10.1. The minimum Gasteiger partial charge on any atom is -0.476 e. The van der Waals surface area contributed by atoms with Gasteiger partial charge in [0.25, 0.3) is 5.91 Å². The van der Waals surface area contributed by atoms with Crippen molar-refractivity contribution in [3.63, 3.8) is 0 Å². The van der Waals surface area contributed by atoms with Gasteiger partial charge in [-0.05, 0) is 24.3 Å². The maximum atomic E-state index is 12.9. The van der Waals surface area contributed by atoms with Crippen molar-refractivity contribution >= 4 is 17.2 Å². The van der Waals surface area contributed by atoms with Gasteiger partial charge in [0.05, 0.1) is 12.2 Å². The molecule has 29 heavy (non-hydrogen) atoms. The molecule has 0 aliphatic carbocycles. The number of carbonyl (C=O) groups is 1. The summed E-state index contributed by atoms with van der Waals surface area (Å²) in [6.07, 6.45) is 2.74. The molecule has 0 aliphatic rings. The van der Waals surface area contributed by atoms with E-state index >= 15 is 0 Å². The van der Waals surface area contributed by atoms with Crippen LogP contribution in [0, 0.1) is 0 Å². The second-order valence-corrected chi connectivity index (χ2v) is 7.24. The lowest BCUT2D eigenvalue weighted by atomic mass is 10.1. The van der Waals surface area contributed by atoms with Gasteiger partial charge in [-0.15, -0.1) is 11.3 Å². The third-order valence-electron chi connectivity index (χ3n) is 4.28. The van der Waals surface area contributed by atoms with Crippen molar-refractivity contribution in [2.24, 2.45) is 0 Å². The first-order valence-electron chi connectivity index (χ1n) is 9.19. The lowest BCUT2D eigenvalue weighted by Crippen LogP contribution is -2.32. The number of nitrogens with zero attached hydrogens (tertiary/aromatic N) is 2. The van der Waals surface area contributed by atoms with Gasteiger partial charge in [-0.25, -0.2) is 4.98 Å². The number of pyridine rings is 1. The summed E-state index contributed by atoms with van der Waals surface area (Å²) in [6.45, 7) is 0.343. The molecule has 2 heterocycles. The van der Waals surface area contributed by atoms with Crippen LogP contribution in [0.1, 0.15) is 16.7 Å². The molecule has 6 heteroatoms. The Morgan fingerprint density at radius 1 is 0.966 bits per heavy atom. The number of ether oxygens (including phenoxy) is 1. The average Bonchev–Trinajstić information content (AvgIpc) is 3.27. The molecule has 144 valence electrons. The summed E-state index contributed by atoms with van der Waals surface area (Å²) >= 11 is 1.51. The van der Waals surface area contributed by atoms with E-state index < -0.39 is 6.10 Å². The largest absolute Gasteiger partial charge is 0.476 e. The van der Waals surface area contributed by atoms with Crippen LogP contribution in [0.15, 0.2) is 90.6 Å². The molecule has 4 rings (SSSR count). The van der Waals surface area contributed by atoms with Crippen LogP contribution in [0.2, 0.25) is 0 Å². The predicted octanol–water partition coefficient (Wildman–Crippen LogP) is 4.64.